The first-order chi connectivity index (χ1) is 16.8. The number of carbonyl (C=O) groups is 1. The maximum absolute atomic E-state index is 13.4. The molecule has 0 aliphatic carbocycles. The number of fused-ring (bicyclic) bond motifs is 1. The second-order valence-corrected chi connectivity index (χ2v) is 10.2. The fraction of sp³-hybridized carbons (Fsp3) is 0.120. The predicted molar refractivity (Wildman–Crippen MR) is 148 cm³/mol. The minimum absolute atomic E-state index is 0.156. The molecular formula is C25H18Br2FIN2O4. The lowest BCUT2D eigenvalue weighted by molar-refractivity contribution is 0.0929. The quantitative estimate of drug-likeness (QED) is 0.117. The van der Waals surface area contributed by atoms with Crippen LogP contribution in [-0.4, -0.2) is 18.7 Å². The second-order valence-electron chi connectivity index (χ2n) is 7.29. The molecule has 10 heteroatoms. The fourth-order valence-electron chi connectivity index (χ4n) is 3.22. The van der Waals surface area contributed by atoms with Gasteiger partial charge in [-0.1, -0.05) is 28.1 Å². The Morgan fingerprint density at radius 2 is 1.94 bits per heavy atom. The van der Waals surface area contributed by atoms with Gasteiger partial charge in [-0.3, -0.25) is 4.79 Å². The molecule has 1 amide bonds. The fourth-order valence-corrected chi connectivity index (χ4v) is 5.31. The molecule has 180 valence electrons. The Morgan fingerprint density at radius 3 is 2.71 bits per heavy atom. The van der Waals surface area contributed by atoms with E-state index in [1.54, 1.807) is 30.3 Å². The molecule has 0 saturated carbocycles. The Kier molecular flexibility index (Phi) is 8.45. The van der Waals surface area contributed by atoms with Crippen LogP contribution in [-0.2, 0) is 6.61 Å². The zero-order chi connectivity index (χ0) is 24.9. The van der Waals surface area contributed by atoms with E-state index in [4.69, 9.17) is 13.9 Å². The third-order valence-corrected chi connectivity index (χ3v) is 6.72. The standard InChI is InChI=1S/C25H18Br2FIN2O4/c1-2-33-21-9-16(19(27)11-22(21)34-13-14-4-3-5-18(28)6-14)12-30-31-25(32)23-8-15-7-17(26)10-20(29)24(15)35-23/h3-12H,2,13H2,1H3,(H,31,32)/b30-12-. The summed E-state index contributed by atoms with van der Waals surface area (Å²) in [7, 11) is 0. The predicted octanol–water partition coefficient (Wildman–Crippen LogP) is 7.44. The van der Waals surface area contributed by atoms with Crippen LogP contribution in [0.5, 0.6) is 11.5 Å². The van der Waals surface area contributed by atoms with E-state index in [0.29, 0.717) is 39.3 Å². The van der Waals surface area contributed by atoms with Crippen LogP contribution in [0.3, 0.4) is 0 Å². The highest BCUT2D eigenvalue weighted by Gasteiger charge is 2.15. The molecule has 0 atom stereocenters. The van der Waals surface area contributed by atoms with Crippen LogP contribution in [0.4, 0.5) is 4.39 Å². The van der Waals surface area contributed by atoms with Gasteiger partial charge in [0.15, 0.2) is 17.3 Å². The number of hydrogen-bond donors (Lipinski definition) is 1. The van der Waals surface area contributed by atoms with Crippen LogP contribution in [0.15, 0.2) is 73.1 Å². The van der Waals surface area contributed by atoms with E-state index in [2.05, 4.69) is 65.0 Å². The van der Waals surface area contributed by atoms with Crippen molar-refractivity contribution in [2.24, 2.45) is 5.10 Å². The Labute approximate surface area is 231 Å². The summed E-state index contributed by atoms with van der Waals surface area (Å²) in [4.78, 5) is 12.5. The van der Waals surface area contributed by atoms with Crippen LogP contribution in [0.25, 0.3) is 11.0 Å². The average Bonchev–Trinajstić information content (AvgIpc) is 3.24. The van der Waals surface area contributed by atoms with E-state index in [9.17, 15) is 9.18 Å². The molecule has 4 rings (SSSR count). The van der Waals surface area contributed by atoms with Crippen molar-refractivity contribution in [3.05, 3.63) is 89.8 Å². The monoisotopic (exact) mass is 714 g/mol. The van der Waals surface area contributed by atoms with Crippen molar-refractivity contribution >= 4 is 77.5 Å². The number of hydrazone groups is 1. The molecule has 0 unspecified atom stereocenters. The summed E-state index contributed by atoms with van der Waals surface area (Å²) in [5.74, 6) is 0.351. The minimum atomic E-state index is -0.472. The number of halogens is 4. The Balaban J connectivity index is 1.48. The minimum Gasteiger partial charge on any atom is -0.490 e. The van der Waals surface area contributed by atoms with Crippen molar-refractivity contribution in [3.63, 3.8) is 0 Å². The van der Waals surface area contributed by atoms with Gasteiger partial charge in [0.2, 0.25) is 0 Å². The highest BCUT2D eigenvalue weighted by atomic mass is 127. The van der Waals surface area contributed by atoms with E-state index >= 15 is 0 Å². The Hall–Kier alpha value is -2.44. The van der Waals surface area contributed by atoms with Crippen LogP contribution >= 0.6 is 54.5 Å². The van der Waals surface area contributed by atoms with Gasteiger partial charge in [-0.2, -0.15) is 5.10 Å². The number of hydrogen-bond acceptors (Lipinski definition) is 5. The van der Waals surface area contributed by atoms with Gasteiger partial charge in [-0.05, 0) is 93.5 Å². The van der Waals surface area contributed by atoms with Crippen molar-refractivity contribution in [1.29, 1.82) is 0 Å². The van der Waals surface area contributed by atoms with Gasteiger partial charge in [0.1, 0.15) is 18.0 Å². The molecule has 1 N–H and O–H groups in total. The number of benzene rings is 3. The maximum atomic E-state index is 13.4. The molecule has 35 heavy (non-hydrogen) atoms. The van der Waals surface area contributed by atoms with E-state index in [0.717, 1.165) is 13.4 Å². The number of ether oxygens (including phenoxy) is 2. The molecule has 3 aromatic carbocycles. The summed E-state index contributed by atoms with van der Waals surface area (Å²) in [6.07, 6.45) is 1.49. The van der Waals surface area contributed by atoms with Crippen molar-refractivity contribution in [3.8, 4) is 11.5 Å². The van der Waals surface area contributed by atoms with Gasteiger partial charge in [-0.25, -0.2) is 9.82 Å². The molecule has 1 aromatic heterocycles. The third kappa shape index (κ3) is 6.42. The van der Waals surface area contributed by atoms with Crippen molar-refractivity contribution in [2.45, 2.75) is 13.5 Å². The lowest BCUT2D eigenvalue weighted by Gasteiger charge is -2.14. The summed E-state index contributed by atoms with van der Waals surface area (Å²) >= 11 is 9.09. The zero-order valence-electron chi connectivity index (χ0n) is 18.3. The normalized spacial score (nSPS) is 11.2. The topological polar surface area (TPSA) is 73.1 Å². The van der Waals surface area contributed by atoms with Crippen LogP contribution in [0, 0.1) is 9.39 Å². The number of nitrogens with zero attached hydrogens (tertiary/aromatic N) is 1. The number of rotatable bonds is 8. The SMILES string of the molecule is CCOc1cc(/C=N\NC(=O)c2cc3cc(Br)cc(I)c3o2)c(Br)cc1OCc1cccc(F)c1. The highest BCUT2D eigenvalue weighted by Crippen LogP contribution is 2.34. The second kappa shape index (κ2) is 11.5. The van der Waals surface area contributed by atoms with Crippen LogP contribution in [0.1, 0.15) is 28.6 Å². The molecule has 0 spiro atoms. The summed E-state index contributed by atoms with van der Waals surface area (Å²) in [6.45, 7) is 2.46. The smallest absolute Gasteiger partial charge is 0.307 e. The van der Waals surface area contributed by atoms with E-state index in [-0.39, 0.29) is 18.2 Å². The lowest BCUT2D eigenvalue weighted by Crippen LogP contribution is -2.16. The molecule has 6 nitrogen and oxygen atoms in total. The number of nitrogens with one attached hydrogen (secondary N) is 1. The summed E-state index contributed by atoms with van der Waals surface area (Å²) in [5, 5.41) is 4.87. The van der Waals surface area contributed by atoms with Gasteiger partial charge >= 0.3 is 5.91 Å². The van der Waals surface area contributed by atoms with Gasteiger partial charge < -0.3 is 13.9 Å². The molecular weight excluding hydrogens is 698 g/mol. The first kappa shape index (κ1) is 25.6. The molecule has 0 aliphatic rings. The molecule has 4 aromatic rings. The average molecular weight is 716 g/mol. The molecule has 1 heterocycles. The van der Waals surface area contributed by atoms with Gasteiger partial charge in [0.25, 0.3) is 0 Å². The van der Waals surface area contributed by atoms with Crippen molar-refractivity contribution in [1.82, 2.24) is 5.43 Å². The van der Waals surface area contributed by atoms with Crippen molar-refractivity contribution in [2.75, 3.05) is 6.61 Å². The highest BCUT2D eigenvalue weighted by molar-refractivity contribution is 14.1. The lowest BCUT2D eigenvalue weighted by atomic mass is 10.2. The van der Waals surface area contributed by atoms with E-state index in [1.165, 1.54) is 18.3 Å². The Morgan fingerprint density at radius 1 is 1.14 bits per heavy atom. The molecule has 0 fully saturated rings. The van der Waals surface area contributed by atoms with Crippen LogP contribution in [0.2, 0.25) is 0 Å². The number of carbonyl (C=O) groups excluding carboxylic acids is 1. The van der Waals surface area contributed by atoms with E-state index < -0.39 is 5.91 Å². The summed E-state index contributed by atoms with van der Waals surface area (Å²) in [5.41, 5.74) is 4.48. The first-order valence-corrected chi connectivity index (χ1v) is 13.1. The molecule has 0 saturated heterocycles. The van der Waals surface area contributed by atoms with Gasteiger partial charge in [0.05, 0.1) is 16.4 Å². The van der Waals surface area contributed by atoms with Crippen molar-refractivity contribution < 1.29 is 23.1 Å². The summed E-state index contributed by atoms with van der Waals surface area (Å²) < 4.78 is 33.2. The zero-order valence-corrected chi connectivity index (χ0v) is 23.6. The van der Waals surface area contributed by atoms with Crippen LogP contribution < -0.4 is 14.9 Å². The molecule has 0 aliphatic heterocycles. The third-order valence-electron chi connectivity index (χ3n) is 4.78. The number of furan rings is 1. The Bertz CT molecular complexity index is 1420. The van der Waals surface area contributed by atoms with Gasteiger partial charge in [0, 0.05) is 19.9 Å². The van der Waals surface area contributed by atoms with Gasteiger partial charge in [-0.15, -0.1) is 0 Å². The molecule has 0 bridgehead atoms. The number of amides is 1. The maximum Gasteiger partial charge on any atom is 0.307 e. The first-order valence-electron chi connectivity index (χ1n) is 10.4. The van der Waals surface area contributed by atoms with E-state index in [1.807, 2.05) is 19.1 Å². The largest absolute Gasteiger partial charge is 0.490 e. The molecule has 0 radical (unpaired) electrons. The summed E-state index contributed by atoms with van der Waals surface area (Å²) in [6, 6.07) is 15.2.